The molecule has 5 aromatic rings. The second-order valence-electron chi connectivity index (χ2n) is 12.3. The first-order valence-corrected chi connectivity index (χ1v) is 16.1. The van der Waals surface area contributed by atoms with Crippen molar-refractivity contribution in [3.8, 4) is 22.5 Å². The number of aryl methyl sites for hydroxylation is 2. The van der Waals surface area contributed by atoms with E-state index in [4.69, 9.17) is 9.72 Å². The zero-order valence-corrected chi connectivity index (χ0v) is 26.7. The van der Waals surface area contributed by atoms with Gasteiger partial charge in [0.15, 0.2) is 0 Å². The summed E-state index contributed by atoms with van der Waals surface area (Å²) in [5.74, 6) is 3.40. The fourth-order valence-corrected chi connectivity index (χ4v) is 6.10. The number of imidazole rings is 1. The molecule has 2 heterocycles. The van der Waals surface area contributed by atoms with Gasteiger partial charge >= 0.3 is 0 Å². The van der Waals surface area contributed by atoms with E-state index in [9.17, 15) is 0 Å². The number of nitrogens with one attached hydrogen (secondary N) is 1. The highest BCUT2D eigenvalue weighted by molar-refractivity contribution is 5.81. The van der Waals surface area contributed by atoms with Crippen molar-refractivity contribution in [3.63, 3.8) is 0 Å². The number of hydrogen-bond donors (Lipinski definition) is 1. The molecule has 7 heteroatoms. The monoisotopic (exact) mass is 590 g/mol. The number of aromatic nitrogens is 6. The molecule has 0 amide bonds. The van der Waals surface area contributed by atoms with Gasteiger partial charge in [0.1, 0.15) is 5.82 Å². The predicted octanol–water partition coefficient (Wildman–Crippen LogP) is 9.09. The first-order valence-electron chi connectivity index (χ1n) is 16.1. The van der Waals surface area contributed by atoms with Crippen molar-refractivity contribution in [2.24, 2.45) is 5.92 Å². The highest BCUT2D eigenvalue weighted by Crippen LogP contribution is 2.30. The minimum absolute atomic E-state index is 0.472. The van der Waals surface area contributed by atoms with Crippen LogP contribution < -0.4 is 0 Å². The summed E-state index contributed by atoms with van der Waals surface area (Å²) in [6.45, 7) is 13.5. The zero-order valence-electron chi connectivity index (χ0n) is 26.7. The van der Waals surface area contributed by atoms with Crippen molar-refractivity contribution in [2.45, 2.75) is 91.7 Å². The van der Waals surface area contributed by atoms with Gasteiger partial charge in [-0.25, -0.2) is 4.98 Å². The molecule has 3 aromatic carbocycles. The maximum atomic E-state index is 5.81. The standard InChI is InChI=1S/C25H24N6.C12H22O/c1-3-7-23-26-22-11-6-8-17(2)24(22)31(23)16-18-12-14-19(15-13-18)20-9-4-5-10-21(20)25-27-29-30-28-25;1-10(2)9-11(3)13-12-7-5-4-6-8-12/h4-6,8-15H,3,7,16H2,1-2H3,(H,27,28,29,30);10,12H,3-9H2,1-2H3. The molecule has 0 spiro atoms. The van der Waals surface area contributed by atoms with Gasteiger partial charge in [-0.05, 0) is 78.5 Å². The Balaban J connectivity index is 0.000000249. The van der Waals surface area contributed by atoms with Gasteiger partial charge in [0, 0.05) is 24.9 Å². The highest BCUT2D eigenvalue weighted by atomic mass is 16.5. The van der Waals surface area contributed by atoms with Gasteiger partial charge < -0.3 is 9.30 Å². The average Bonchev–Trinajstić information content (AvgIpc) is 3.68. The van der Waals surface area contributed by atoms with Gasteiger partial charge in [-0.3, -0.25) is 0 Å². The van der Waals surface area contributed by atoms with Crippen molar-refractivity contribution in [1.29, 1.82) is 0 Å². The van der Waals surface area contributed by atoms with Gasteiger partial charge in [-0.1, -0.05) is 94.4 Å². The van der Waals surface area contributed by atoms with E-state index in [1.165, 1.54) is 48.7 Å². The van der Waals surface area contributed by atoms with Crippen molar-refractivity contribution < 1.29 is 4.74 Å². The van der Waals surface area contributed by atoms with Crippen LogP contribution in [0, 0.1) is 12.8 Å². The molecule has 230 valence electrons. The number of benzene rings is 3. The first-order chi connectivity index (χ1) is 21.4. The average molecular weight is 591 g/mol. The smallest absolute Gasteiger partial charge is 0.205 e. The van der Waals surface area contributed by atoms with Crippen LogP contribution >= 0.6 is 0 Å². The summed E-state index contributed by atoms with van der Waals surface area (Å²) in [5, 5.41) is 14.5. The van der Waals surface area contributed by atoms with Crippen LogP contribution in [0.2, 0.25) is 0 Å². The van der Waals surface area contributed by atoms with Crippen LogP contribution in [-0.4, -0.2) is 36.3 Å². The van der Waals surface area contributed by atoms with E-state index in [0.717, 1.165) is 59.6 Å². The maximum absolute atomic E-state index is 5.81. The number of allylic oxidation sites excluding steroid dienone is 1. The molecule has 1 N–H and O–H groups in total. The highest BCUT2D eigenvalue weighted by Gasteiger charge is 2.16. The van der Waals surface area contributed by atoms with E-state index in [0.29, 0.717) is 17.8 Å². The Labute approximate surface area is 261 Å². The SMILES string of the molecule is C=C(CC(C)C)OC1CCCCC1.CCCc1nc2cccc(C)c2n1Cc1ccc(-c2ccccc2-c2nn[nH]n2)cc1. The second-order valence-corrected chi connectivity index (χ2v) is 12.3. The molecule has 0 radical (unpaired) electrons. The molecule has 1 aliphatic rings. The van der Waals surface area contributed by atoms with Crippen molar-refractivity contribution in [1.82, 2.24) is 30.2 Å². The Morgan fingerprint density at radius 2 is 1.73 bits per heavy atom. The van der Waals surface area contributed by atoms with Gasteiger partial charge in [-0.15, -0.1) is 10.2 Å². The number of H-pyrrole nitrogens is 1. The number of para-hydroxylation sites is 1. The lowest BCUT2D eigenvalue weighted by Crippen LogP contribution is -2.16. The summed E-state index contributed by atoms with van der Waals surface area (Å²) in [5.41, 5.74) is 8.01. The molecule has 0 saturated heterocycles. The molecule has 44 heavy (non-hydrogen) atoms. The lowest BCUT2D eigenvalue weighted by Gasteiger charge is -2.24. The number of hydrogen-bond acceptors (Lipinski definition) is 5. The Hall–Kier alpha value is -4.26. The van der Waals surface area contributed by atoms with E-state index in [-0.39, 0.29) is 0 Å². The van der Waals surface area contributed by atoms with Crippen LogP contribution in [0.4, 0.5) is 0 Å². The van der Waals surface area contributed by atoms with Crippen LogP contribution in [-0.2, 0) is 17.7 Å². The van der Waals surface area contributed by atoms with Gasteiger partial charge in [0.25, 0.3) is 0 Å². The number of fused-ring (bicyclic) bond motifs is 1. The summed E-state index contributed by atoms with van der Waals surface area (Å²) >= 11 is 0. The maximum Gasteiger partial charge on any atom is 0.205 e. The topological polar surface area (TPSA) is 81.5 Å². The number of ether oxygens (including phenoxy) is 1. The van der Waals surface area contributed by atoms with E-state index in [1.807, 2.05) is 18.2 Å². The lowest BCUT2D eigenvalue weighted by molar-refractivity contribution is 0.0749. The Kier molecular flexibility index (Phi) is 10.6. The number of rotatable bonds is 10. The molecule has 1 aliphatic carbocycles. The Bertz CT molecular complexity index is 1630. The molecule has 6 rings (SSSR count). The third-order valence-corrected chi connectivity index (χ3v) is 8.16. The van der Waals surface area contributed by atoms with E-state index < -0.39 is 0 Å². The Morgan fingerprint density at radius 3 is 2.41 bits per heavy atom. The fraction of sp³-hybridized carbons (Fsp3) is 0.405. The first kappa shape index (κ1) is 31.2. The summed E-state index contributed by atoms with van der Waals surface area (Å²) in [6, 6.07) is 23.2. The van der Waals surface area contributed by atoms with E-state index in [2.05, 4.69) is 108 Å². The minimum atomic E-state index is 0.472. The molecule has 1 saturated carbocycles. The fourth-order valence-electron chi connectivity index (χ4n) is 6.10. The second kappa shape index (κ2) is 15.0. The summed E-state index contributed by atoms with van der Waals surface area (Å²) in [6.07, 6.45) is 10.1. The minimum Gasteiger partial charge on any atom is -0.495 e. The molecular weight excluding hydrogens is 544 g/mol. The zero-order chi connectivity index (χ0) is 30.9. The van der Waals surface area contributed by atoms with Crippen LogP contribution in [0.25, 0.3) is 33.5 Å². The van der Waals surface area contributed by atoms with Gasteiger partial charge in [0.05, 0.1) is 22.9 Å². The van der Waals surface area contributed by atoms with Crippen LogP contribution in [0.3, 0.4) is 0 Å². The molecule has 1 fully saturated rings. The number of tetrazole rings is 1. The van der Waals surface area contributed by atoms with E-state index in [1.54, 1.807) is 0 Å². The molecule has 0 unspecified atom stereocenters. The molecule has 0 atom stereocenters. The van der Waals surface area contributed by atoms with Gasteiger partial charge in [0.2, 0.25) is 5.82 Å². The van der Waals surface area contributed by atoms with Gasteiger partial charge in [-0.2, -0.15) is 5.21 Å². The molecular formula is C37H46N6O. The largest absolute Gasteiger partial charge is 0.495 e. The van der Waals surface area contributed by atoms with E-state index >= 15 is 0 Å². The normalized spacial score (nSPS) is 13.6. The third-order valence-electron chi connectivity index (χ3n) is 8.16. The number of nitrogens with zero attached hydrogens (tertiary/aromatic N) is 5. The summed E-state index contributed by atoms with van der Waals surface area (Å²) in [4.78, 5) is 4.90. The van der Waals surface area contributed by atoms with Crippen LogP contribution in [0.15, 0.2) is 79.1 Å². The quantitative estimate of drug-likeness (QED) is 0.164. The van der Waals surface area contributed by atoms with Crippen molar-refractivity contribution in [3.05, 3.63) is 96.0 Å². The van der Waals surface area contributed by atoms with Crippen LogP contribution in [0.1, 0.15) is 82.7 Å². The molecule has 7 nitrogen and oxygen atoms in total. The number of aromatic amines is 1. The third kappa shape index (κ3) is 7.81. The summed E-state index contributed by atoms with van der Waals surface area (Å²) < 4.78 is 8.18. The molecule has 0 aliphatic heterocycles. The Morgan fingerprint density at radius 1 is 0.977 bits per heavy atom. The molecule has 2 aromatic heterocycles. The van der Waals surface area contributed by atoms with Crippen molar-refractivity contribution in [2.75, 3.05) is 0 Å². The molecule has 0 bridgehead atoms. The van der Waals surface area contributed by atoms with Crippen molar-refractivity contribution >= 4 is 11.0 Å². The predicted molar refractivity (Wildman–Crippen MR) is 179 cm³/mol. The van der Waals surface area contributed by atoms with Crippen LogP contribution in [0.5, 0.6) is 0 Å². The summed E-state index contributed by atoms with van der Waals surface area (Å²) in [7, 11) is 0. The lowest BCUT2D eigenvalue weighted by atomic mass is 9.97.